The van der Waals surface area contributed by atoms with Crippen LogP contribution in [0.15, 0.2) is 57.5 Å². The molecule has 2 N–H and O–H groups in total. The molecule has 1 fully saturated rings. The standard InChI is InChI=1S/C21H24N4O2S.HI/c1-22-21(24-12-17-14-27-20(25-17)19-7-4-10-28-19)23-11-16-5-2-3-6-18(16)26-13-15-8-9-15;/h2-7,10,14-15H,8-9,11-13H2,1H3,(H2,22,23,24);1H. The lowest BCUT2D eigenvalue weighted by atomic mass is 10.2. The van der Waals surface area contributed by atoms with Gasteiger partial charge in [-0.2, -0.15) is 0 Å². The largest absolute Gasteiger partial charge is 0.493 e. The van der Waals surface area contributed by atoms with Gasteiger partial charge in [0.15, 0.2) is 5.96 Å². The zero-order valence-corrected chi connectivity index (χ0v) is 19.4. The number of para-hydroxylation sites is 1. The first-order valence-corrected chi connectivity index (χ1v) is 10.3. The predicted molar refractivity (Wildman–Crippen MR) is 127 cm³/mol. The van der Waals surface area contributed by atoms with Crippen molar-refractivity contribution in [3.05, 3.63) is 59.3 Å². The van der Waals surface area contributed by atoms with Gasteiger partial charge in [0.25, 0.3) is 0 Å². The molecule has 1 aliphatic rings. The molecule has 0 aliphatic heterocycles. The summed E-state index contributed by atoms with van der Waals surface area (Å²) in [4.78, 5) is 9.83. The van der Waals surface area contributed by atoms with E-state index in [4.69, 9.17) is 9.15 Å². The Morgan fingerprint density at radius 3 is 2.79 bits per heavy atom. The zero-order chi connectivity index (χ0) is 19.2. The molecular weight excluding hydrogens is 499 g/mol. The second kappa shape index (κ2) is 10.6. The first-order chi connectivity index (χ1) is 13.8. The van der Waals surface area contributed by atoms with Crippen molar-refractivity contribution in [2.45, 2.75) is 25.9 Å². The maximum absolute atomic E-state index is 5.97. The lowest BCUT2D eigenvalue weighted by Crippen LogP contribution is -2.36. The molecule has 1 aromatic carbocycles. The number of hydrogen-bond donors (Lipinski definition) is 2. The van der Waals surface area contributed by atoms with E-state index < -0.39 is 0 Å². The van der Waals surface area contributed by atoms with Crippen molar-refractivity contribution in [1.82, 2.24) is 15.6 Å². The van der Waals surface area contributed by atoms with Crippen molar-refractivity contribution in [2.24, 2.45) is 10.9 Å². The lowest BCUT2D eigenvalue weighted by molar-refractivity contribution is 0.296. The van der Waals surface area contributed by atoms with Gasteiger partial charge in [-0.1, -0.05) is 24.3 Å². The number of oxazole rings is 1. The van der Waals surface area contributed by atoms with Crippen LogP contribution in [0.4, 0.5) is 0 Å². The summed E-state index contributed by atoms with van der Waals surface area (Å²) in [5.74, 6) is 3.03. The van der Waals surface area contributed by atoms with Crippen LogP contribution in [0.3, 0.4) is 0 Å². The number of nitrogens with zero attached hydrogens (tertiary/aromatic N) is 2. The molecule has 0 amide bonds. The molecule has 0 unspecified atom stereocenters. The van der Waals surface area contributed by atoms with Gasteiger partial charge in [-0.3, -0.25) is 4.99 Å². The van der Waals surface area contributed by atoms with E-state index in [1.807, 2.05) is 35.7 Å². The Bertz CT molecular complexity index is 922. The van der Waals surface area contributed by atoms with Crippen molar-refractivity contribution in [2.75, 3.05) is 13.7 Å². The third-order valence-corrected chi connectivity index (χ3v) is 5.39. The second-order valence-corrected chi connectivity index (χ2v) is 7.71. The van der Waals surface area contributed by atoms with E-state index in [2.05, 4.69) is 26.7 Å². The van der Waals surface area contributed by atoms with Gasteiger partial charge in [0.2, 0.25) is 5.89 Å². The van der Waals surface area contributed by atoms with Crippen molar-refractivity contribution in [3.63, 3.8) is 0 Å². The molecule has 2 heterocycles. The van der Waals surface area contributed by atoms with Crippen LogP contribution in [-0.2, 0) is 13.1 Å². The van der Waals surface area contributed by atoms with Gasteiger partial charge in [0.1, 0.15) is 12.0 Å². The molecule has 0 bridgehead atoms. The maximum atomic E-state index is 5.97. The van der Waals surface area contributed by atoms with E-state index in [-0.39, 0.29) is 24.0 Å². The molecule has 0 saturated heterocycles. The van der Waals surface area contributed by atoms with Crippen molar-refractivity contribution < 1.29 is 9.15 Å². The molecule has 6 nitrogen and oxygen atoms in total. The highest BCUT2D eigenvalue weighted by Crippen LogP contribution is 2.30. The minimum Gasteiger partial charge on any atom is -0.493 e. The summed E-state index contributed by atoms with van der Waals surface area (Å²) >= 11 is 1.61. The summed E-state index contributed by atoms with van der Waals surface area (Å²) < 4.78 is 11.5. The van der Waals surface area contributed by atoms with Crippen LogP contribution in [0, 0.1) is 5.92 Å². The number of aromatic nitrogens is 1. The number of guanidine groups is 1. The van der Waals surface area contributed by atoms with Crippen molar-refractivity contribution >= 4 is 41.3 Å². The fraction of sp³-hybridized carbons (Fsp3) is 0.333. The average molecular weight is 524 g/mol. The van der Waals surface area contributed by atoms with Crippen LogP contribution >= 0.6 is 35.3 Å². The molecule has 3 aromatic rings. The van der Waals surface area contributed by atoms with Crippen molar-refractivity contribution in [3.8, 4) is 16.5 Å². The average Bonchev–Trinajstić information content (AvgIpc) is 3.18. The Balaban J connectivity index is 0.00000240. The molecule has 154 valence electrons. The number of thiophene rings is 1. The first-order valence-electron chi connectivity index (χ1n) is 9.45. The van der Waals surface area contributed by atoms with E-state index in [9.17, 15) is 0 Å². The van der Waals surface area contributed by atoms with Crippen LogP contribution < -0.4 is 15.4 Å². The number of nitrogens with one attached hydrogen (secondary N) is 2. The lowest BCUT2D eigenvalue weighted by Gasteiger charge is -2.14. The number of rotatable bonds is 8. The molecular formula is C21H25IN4O2S. The van der Waals surface area contributed by atoms with Crippen LogP contribution in [0.25, 0.3) is 10.8 Å². The Morgan fingerprint density at radius 1 is 1.21 bits per heavy atom. The van der Waals surface area contributed by atoms with Gasteiger partial charge in [-0.25, -0.2) is 4.98 Å². The molecule has 4 rings (SSSR count). The first kappa shape index (κ1) is 21.6. The highest BCUT2D eigenvalue weighted by atomic mass is 127. The van der Waals surface area contributed by atoms with Gasteiger partial charge in [0.05, 0.1) is 23.7 Å². The molecule has 0 radical (unpaired) electrons. The smallest absolute Gasteiger partial charge is 0.236 e. The van der Waals surface area contributed by atoms with Crippen LogP contribution in [0.5, 0.6) is 5.75 Å². The van der Waals surface area contributed by atoms with E-state index >= 15 is 0 Å². The molecule has 2 aromatic heterocycles. The normalized spacial score (nSPS) is 13.6. The quantitative estimate of drug-likeness (QED) is 0.255. The van der Waals surface area contributed by atoms with E-state index in [1.165, 1.54) is 12.8 Å². The molecule has 8 heteroatoms. The Kier molecular flexibility index (Phi) is 7.93. The second-order valence-electron chi connectivity index (χ2n) is 6.76. The number of halogens is 1. The molecule has 1 saturated carbocycles. The van der Waals surface area contributed by atoms with Gasteiger partial charge in [0, 0.05) is 19.2 Å². The van der Waals surface area contributed by atoms with Gasteiger partial charge >= 0.3 is 0 Å². The van der Waals surface area contributed by atoms with E-state index in [0.29, 0.717) is 24.9 Å². The SMILES string of the molecule is CN=C(NCc1coc(-c2cccs2)n1)NCc1ccccc1OCC1CC1.I. The Hall–Kier alpha value is -2.07. The number of ether oxygens (including phenoxy) is 1. The Labute approximate surface area is 191 Å². The molecule has 0 atom stereocenters. The number of aliphatic imine (C=N–C) groups is 1. The highest BCUT2D eigenvalue weighted by molar-refractivity contribution is 14.0. The third kappa shape index (κ3) is 6.20. The van der Waals surface area contributed by atoms with Crippen LogP contribution in [0.1, 0.15) is 24.1 Å². The summed E-state index contributed by atoms with van der Waals surface area (Å²) in [7, 11) is 1.75. The van der Waals surface area contributed by atoms with E-state index in [1.54, 1.807) is 24.6 Å². The van der Waals surface area contributed by atoms with Gasteiger partial charge < -0.3 is 19.8 Å². The fourth-order valence-electron chi connectivity index (χ4n) is 2.76. The maximum Gasteiger partial charge on any atom is 0.236 e. The summed E-state index contributed by atoms with van der Waals surface area (Å²) in [6.45, 7) is 1.98. The molecule has 0 spiro atoms. The fourth-order valence-corrected chi connectivity index (χ4v) is 3.41. The summed E-state index contributed by atoms with van der Waals surface area (Å²) in [6, 6.07) is 12.1. The van der Waals surface area contributed by atoms with Crippen LogP contribution in [0.2, 0.25) is 0 Å². The summed E-state index contributed by atoms with van der Waals surface area (Å²) in [5, 5.41) is 8.62. The summed E-state index contributed by atoms with van der Waals surface area (Å²) in [5.41, 5.74) is 1.95. The Morgan fingerprint density at radius 2 is 2.03 bits per heavy atom. The predicted octanol–water partition coefficient (Wildman–Crippen LogP) is 4.68. The van der Waals surface area contributed by atoms with Gasteiger partial charge in [-0.05, 0) is 36.3 Å². The number of benzene rings is 1. The third-order valence-electron chi connectivity index (χ3n) is 4.53. The zero-order valence-electron chi connectivity index (χ0n) is 16.3. The van der Waals surface area contributed by atoms with E-state index in [0.717, 1.165) is 34.4 Å². The summed E-state index contributed by atoms with van der Waals surface area (Å²) in [6.07, 6.45) is 4.25. The van der Waals surface area contributed by atoms with Crippen molar-refractivity contribution in [1.29, 1.82) is 0 Å². The number of hydrogen-bond acceptors (Lipinski definition) is 5. The topological polar surface area (TPSA) is 71.7 Å². The minimum atomic E-state index is 0. The highest BCUT2D eigenvalue weighted by Gasteiger charge is 2.22. The minimum absolute atomic E-state index is 0. The monoisotopic (exact) mass is 524 g/mol. The molecule has 1 aliphatic carbocycles. The van der Waals surface area contributed by atoms with Gasteiger partial charge in [-0.15, -0.1) is 35.3 Å². The van der Waals surface area contributed by atoms with Crippen LogP contribution in [-0.4, -0.2) is 24.6 Å². The molecule has 29 heavy (non-hydrogen) atoms.